The number of carbonyl (C=O) groups excluding carboxylic acids is 1. The molecular formula is C17H24N2O5. The van der Waals surface area contributed by atoms with Crippen LogP contribution in [0.4, 0.5) is 0 Å². The SMILES string of the molecule is Cc1cc([C@]2(C(=O)OC(C)(C)C)CCNCC2C(=O)O)cc(=O)[nH]1. The van der Waals surface area contributed by atoms with Crippen molar-refractivity contribution >= 4 is 11.9 Å². The van der Waals surface area contributed by atoms with Crippen molar-refractivity contribution in [3.8, 4) is 0 Å². The Morgan fingerprint density at radius 2 is 2.00 bits per heavy atom. The molecule has 2 atom stereocenters. The molecule has 0 aromatic carbocycles. The number of carbonyl (C=O) groups is 2. The second-order valence-electron chi connectivity index (χ2n) is 7.23. The molecule has 0 radical (unpaired) electrons. The number of aliphatic carboxylic acids is 1. The van der Waals surface area contributed by atoms with Crippen molar-refractivity contribution in [2.75, 3.05) is 13.1 Å². The Hall–Kier alpha value is -2.15. The number of carboxylic acids is 1. The second kappa shape index (κ2) is 6.39. The number of rotatable bonds is 3. The molecule has 0 bridgehead atoms. The summed E-state index contributed by atoms with van der Waals surface area (Å²) in [4.78, 5) is 39.4. The minimum atomic E-state index is -1.39. The van der Waals surface area contributed by atoms with Gasteiger partial charge in [-0.25, -0.2) is 0 Å². The molecule has 2 heterocycles. The van der Waals surface area contributed by atoms with Crippen molar-refractivity contribution < 1.29 is 19.4 Å². The Bertz CT molecular complexity index is 704. The van der Waals surface area contributed by atoms with E-state index in [9.17, 15) is 19.5 Å². The van der Waals surface area contributed by atoms with Crippen LogP contribution in [-0.4, -0.2) is 40.7 Å². The summed E-state index contributed by atoms with van der Waals surface area (Å²) in [6.07, 6.45) is 0.252. The molecule has 0 aliphatic carbocycles. The summed E-state index contributed by atoms with van der Waals surface area (Å²) in [6, 6.07) is 2.96. The molecular weight excluding hydrogens is 312 g/mol. The minimum Gasteiger partial charge on any atom is -0.481 e. The van der Waals surface area contributed by atoms with Crippen LogP contribution in [0.5, 0.6) is 0 Å². The number of nitrogens with one attached hydrogen (secondary N) is 2. The first-order valence-corrected chi connectivity index (χ1v) is 7.95. The quantitative estimate of drug-likeness (QED) is 0.710. The largest absolute Gasteiger partial charge is 0.481 e. The molecule has 1 fully saturated rings. The summed E-state index contributed by atoms with van der Waals surface area (Å²) in [5, 5.41) is 12.7. The van der Waals surface area contributed by atoms with E-state index in [0.29, 0.717) is 17.8 Å². The van der Waals surface area contributed by atoms with Gasteiger partial charge in [-0.1, -0.05) is 0 Å². The number of pyridine rings is 1. The zero-order valence-electron chi connectivity index (χ0n) is 14.4. The van der Waals surface area contributed by atoms with Gasteiger partial charge < -0.3 is 20.1 Å². The lowest BCUT2D eigenvalue weighted by molar-refractivity contribution is -0.171. The number of hydrogen-bond acceptors (Lipinski definition) is 5. The molecule has 1 aromatic rings. The predicted molar refractivity (Wildman–Crippen MR) is 87.9 cm³/mol. The lowest BCUT2D eigenvalue weighted by atomic mass is 9.66. The number of esters is 1. The Labute approximate surface area is 140 Å². The molecule has 1 saturated heterocycles. The van der Waals surface area contributed by atoms with Gasteiger partial charge in [0, 0.05) is 18.3 Å². The van der Waals surface area contributed by atoms with Gasteiger partial charge in [-0.3, -0.25) is 14.4 Å². The van der Waals surface area contributed by atoms with E-state index in [1.165, 1.54) is 6.07 Å². The highest BCUT2D eigenvalue weighted by Crippen LogP contribution is 2.40. The molecule has 3 N–H and O–H groups in total. The van der Waals surface area contributed by atoms with Crippen molar-refractivity contribution in [1.82, 2.24) is 10.3 Å². The van der Waals surface area contributed by atoms with Crippen LogP contribution in [0, 0.1) is 12.8 Å². The number of aryl methyl sites for hydroxylation is 1. The Balaban J connectivity index is 2.66. The van der Waals surface area contributed by atoms with Crippen molar-refractivity contribution in [2.45, 2.75) is 45.1 Å². The van der Waals surface area contributed by atoms with Crippen LogP contribution in [0.3, 0.4) is 0 Å². The van der Waals surface area contributed by atoms with E-state index in [1.54, 1.807) is 33.8 Å². The molecule has 1 aliphatic heterocycles. The number of H-pyrrole nitrogens is 1. The zero-order chi connectivity index (χ0) is 18.1. The fraction of sp³-hybridized carbons (Fsp3) is 0.588. The van der Waals surface area contributed by atoms with Crippen LogP contribution in [0.1, 0.15) is 38.4 Å². The van der Waals surface area contributed by atoms with Gasteiger partial charge in [-0.05, 0) is 52.3 Å². The average Bonchev–Trinajstić information content (AvgIpc) is 2.44. The Morgan fingerprint density at radius 3 is 2.54 bits per heavy atom. The zero-order valence-corrected chi connectivity index (χ0v) is 14.4. The van der Waals surface area contributed by atoms with Crippen LogP contribution in [0.25, 0.3) is 0 Å². The fourth-order valence-corrected chi connectivity index (χ4v) is 3.20. The average molecular weight is 336 g/mol. The molecule has 0 spiro atoms. The van der Waals surface area contributed by atoms with Crippen molar-refractivity contribution in [3.63, 3.8) is 0 Å². The van der Waals surface area contributed by atoms with Crippen LogP contribution in [0.2, 0.25) is 0 Å². The van der Waals surface area contributed by atoms with Gasteiger partial charge in [-0.2, -0.15) is 0 Å². The van der Waals surface area contributed by atoms with E-state index in [4.69, 9.17) is 4.74 Å². The van der Waals surface area contributed by atoms with Gasteiger partial charge in [0.1, 0.15) is 11.0 Å². The lowest BCUT2D eigenvalue weighted by Crippen LogP contribution is -2.57. The fourth-order valence-electron chi connectivity index (χ4n) is 3.20. The third-order valence-electron chi connectivity index (χ3n) is 4.19. The number of ether oxygens (including phenoxy) is 1. The van der Waals surface area contributed by atoms with E-state index < -0.39 is 28.9 Å². The van der Waals surface area contributed by atoms with Gasteiger partial charge in [0.05, 0.1) is 5.92 Å². The van der Waals surface area contributed by atoms with Crippen LogP contribution in [0.15, 0.2) is 16.9 Å². The second-order valence-corrected chi connectivity index (χ2v) is 7.23. The summed E-state index contributed by atoms with van der Waals surface area (Å²) in [7, 11) is 0. The molecule has 7 heteroatoms. The molecule has 1 unspecified atom stereocenters. The van der Waals surface area contributed by atoms with Crippen LogP contribution < -0.4 is 10.9 Å². The molecule has 24 heavy (non-hydrogen) atoms. The van der Waals surface area contributed by atoms with Gasteiger partial charge >= 0.3 is 11.9 Å². The van der Waals surface area contributed by atoms with Crippen molar-refractivity contribution in [2.24, 2.45) is 5.92 Å². The standard InChI is InChI=1S/C17H24N2O5/c1-10-7-11(8-13(20)19-10)17(15(23)24-16(2,3)4)5-6-18-9-12(17)14(21)22/h7-8,12,18H,5-6,9H2,1-4H3,(H,19,20)(H,21,22)/t12?,17-/m1/s1. The van der Waals surface area contributed by atoms with E-state index in [0.717, 1.165) is 0 Å². The molecule has 2 rings (SSSR count). The highest BCUT2D eigenvalue weighted by Gasteiger charge is 2.54. The van der Waals surface area contributed by atoms with Crippen molar-refractivity contribution in [3.05, 3.63) is 33.7 Å². The normalized spacial score (nSPS) is 24.4. The predicted octanol–water partition coefficient (Wildman–Crippen LogP) is 0.957. The Morgan fingerprint density at radius 1 is 1.33 bits per heavy atom. The maximum Gasteiger partial charge on any atom is 0.318 e. The first-order valence-electron chi connectivity index (χ1n) is 7.95. The van der Waals surface area contributed by atoms with E-state index in [2.05, 4.69) is 10.3 Å². The Kier molecular flexibility index (Phi) is 4.85. The van der Waals surface area contributed by atoms with Gasteiger partial charge in [0.2, 0.25) is 5.56 Å². The number of hydrogen-bond donors (Lipinski definition) is 3. The van der Waals surface area contributed by atoms with Crippen molar-refractivity contribution in [1.29, 1.82) is 0 Å². The monoisotopic (exact) mass is 336 g/mol. The van der Waals surface area contributed by atoms with E-state index in [1.807, 2.05) is 0 Å². The summed E-state index contributed by atoms with van der Waals surface area (Å²) in [5.41, 5.74) is -1.54. The highest BCUT2D eigenvalue weighted by atomic mass is 16.6. The number of carboxylic acid groups (broad SMARTS) is 1. The first kappa shape index (κ1) is 18.2. The molecule has 1 aromatic heterocycles. The van der Waals surface area contributed by atoms with Gasteiger partial charge in [-0.15, -0.1) is 0 Å². The maximum absolute atomic E-state index is 13.0. The van der Waals surface area contributed by atoms with Gasteiger partial charge in [0.25, 0.3) is 0 Å². The van der Waals surface area contributed by atoms with E-state index >= 15 is 0 Å². The molecule has 7 nitrogen and oxygen atoms in total. The number of aromatic amines is 1. The molecule has 0 amide bonds. The topological polar surface area (TPSA) is 108 Å². The number of aromatic nitrogens is 1. The molecule has 132 valence electrons. The first-order chi connectivity index (χ1) is 11.1. The summed E-state index contributed by atoms with van der Waals surface area (Å²) in [6.45, 7) is 7.51. The minimum absolute atomic E-state index is 0.139. The third-order valence-corrected chi connectivity index (χ3v) is 4.19. The van der Waals surface area contributed by atoms with Crippen LogP contribution >= 0.6 is 0 Å². The summed E-state index contributed by atoms with van der Waals surface area (Å²) < 4.78 is 5.55. The maximum atomic E-state index is 13.0. The molecule has 1 aliphatic rings. The lowest BCUT2D eigenvalue weighted by Gasteiger charge is -2.42. The van der Waals surface area contributed by atoms with Gasteiger partial charge in [0.15, 0.2) is 0 Å². The highest BCUT2D eigenvalue weighted by molar-refractivity contribution is 5.90. The summed E-state index contributed by atoms with van der Waals surface area (Å²) in [5.74, 6) is -2.71. The summed E-state index contributed by atoms with van der Waals surface area (Å²) >= 11 is 0. The van der Waals surface area contributed by atoms with E-state index in [-0.39, 0.29) is 18.5 Å². The van der Waals surface area contributed by atoms with Crippen LogP contribution in [-0.2, 0) is 19.7 Å². The smallest absolute Gasteiger partial charge is 0.318 e. The number of piperidine rings is 1. The third kappa shape index (κ3) is 3.51. The molecule has 0 saturated carbocycles.